The van der Waals surface area contributed by atoms with Crippen LogP contribution in [-0.4, -0.2) is 48.1 Å². The van der Waals surface area contributed by atoms with E-state index in [1.54, 1.807) is 17.0 Å². The van der Waals surface area contributed by atoms with Gasteiger partial charge in [0.15, 0.2) is 0 Å². The highest BCUT2D eigenvalue weighted by molar-refractivity contribution is 7.90. The molecule has 1 aromatic heterocycles. The van der Waals surface area contributed by atoms with Gasteiger partial charge in [0.1, 0.15) is 6.54 Å². The Bertz CT molecular complexity index is 851. The van der Waals surface area contributed by atoms with E-state index in [0.717, 1.165) is 31.9 Å². The number of fused-ring (bicyclic) bond motifs is 1. The Morgan fingerprint density at radius 1 is 1.25 bits per heavy atom. The van der Waals surface area contributed by atoms with Crippen LogP contribution in [-0.2, 0) is 21.2 Å². The van der Waals surface area contributed by atoms with Gasteiger partial charge in [0, 0.05) is 19.3 Å². The van der Waals surface area contributed by atoms with Crippen molar-refractivity contribution in [2.45, 2.75) is 49.8 Å². The highest BCUT2D eigenvalue weighted by atomic mass is 32.2. The molecule has 0 unspecified atom stereocenters. The highest BCUT2D eigenvalue weighted by Crippen LogP contribution is 2.23. The van der Waals surface area contributed by atoms with Crippen LogP contribution in [0.1, 0.15) is 32.1 Å². The molecule has 1 heterocycles. The summed E-state index contributed by atoms with van der Waals surface area (Å²) in [4.78, 5) is 18.7. The van der Waals surface area contributed by atoms with Gasteiger partial charge in [0.2, 0.25) is 20.9 Å². The number of imidazole rings is 1. The predicted octanol–water partition coefficient (Wildman–Crippen LogP) is 2.23. The summed E-state index contributed by atoms with van der Waals surface area (Å²) in [5.74, 6) is -0.0741. The van der Waals surface area contributed by atoms with Gasteiger partial charge in [0.25, 0.3) is 0 Å². The minimum absolute atomic E-state index is 0.00405. The van der Waals surface area contributed by atoms with Crippen molar-refractivity contribution >= 4 is 26.8 Å². The van der Waals surface area contributed by atoms with Crippen LogP contribution in [0.15, 0.2) is 29.4 Å². The molecule has 1 aliphatic carbocycles. The molecule has 1 aliphatic rings. The second kappa shape index (κ2) is 6.55. The standard InChI is InChI=1S/C17H23N3O3S/c1-19(13-8-4-3-5-9-13)16(21)12-20-15-11-7-6-10-14(15)18-17(20)24(2,22)23/h6-7,10-11,13H,3-5,8-9,12H2,1-2H3. The van der Waals surface area contributed by atoms with E-state index >= 15 is 0 Å². The number of sulfone groups is 1. The van der Waals surface area contributed by atoms with Crippen molar-refractivity contribution in [1.29, 1.82) is 0 Å². The van der Waals surface area contributed by atoms with Crippen LogP contribution in [0.5, 0.6) is 0 Å². The maximum absolute atomic E-state index is 12.7. The Morgan fingerprint density at radius 3 is 2.58 bits per heavy atom. The summed E-state index contributed by atoms with van der Waals surface area (Å²) in [5, 5.41) is -0.0471. The molecule has 3 rings (SSSR count). The van der Waals surface area contributed by atoms with Gasteiger partial charge in [-0.15, -0.1) is 0 Å². The number of rotatable bonds is 4. The molecule has 0 N–H and O–H groups in total. The molecular weight excluding hydrogens is 326 g/mol. The van der Waals surface area contributed by atoms with Crippen molar-refractivity contribution in [2.24, 2.45) is 0 Å². The van der Waals surface area contributed by atoms with Crippen molar-refractivity contribution in [3.63, 3.8) is 0 Å². The number of hydrogen-bond donors (Lipinski definition) is 0. The second-order valence-corrected chi connectivity index (χ2v) is 8.45. The molecule has 0 aliphatic heterocycles. The van der Waals surface area contributed by atoms with Gasteiger partial charge in [-0.1, -0.05) is 31.4 Å². The van der Waals surface area contributed by atoms with E-state index in [4.69, 9.17) is 0 Å². The minimum Gasteiger partial charge on any atom is -0.341 e. The van der Waals surface area contributed by atoms with Crippen molar-refractivity contribution < 1.29 is 13.2 Å². The Labute approximate surface area is 142 Å². The van der Waals surface area contributed by atoms with Gasteiger partial charge in [0.05, 0.1) is 11.0 Å². The Balaban J connectivity index is 1.92. The van der Waals surface area contributed by atoms with Crippen LogP contribution >= 0.6 is 0 Å². The number of para-hydroxylation sites is 2. The monoisotopic (exact) mass is 349 g/mol. The summed E-state index contributed by atoms with van der Waals surface area (Å²) in [5.41, 5.74) is 1.26. The summed E-state index contributed by atoms with van der Waals surface area (Å²) in [6, 6.07) is 7.44. The first-order valence-electron chi connectivity index (χ1n) is 8.29. The molecule has 24 heavy (non-hydrogen) atoms. The summed E-state index contributed by atoms with van der Waals surface area (Å²) in [6.07, 6.45) is 6.68. The summed E-state index contributed by atoms with van der Waals surface area (Å²) >= 11 is 0. The van der Waals surface area contributed by atoms with Crippen LogP contribution < -0.4 is 0 Å². The highest BCUT2D eigenvalue weighted by Gasteiger charge is 2.25. The van der Waals surface area contributed by atoms with Gasteiger partial charge in [-0.2, -0.15) is 0 Å². The molecule has 0 bridgehead atoms. The number of hydrogen-bond acceptors (Lipinski definition) is 4. The van der Waals surface area contributed by atoms with Gasteiger partial charge in [-0.3, -0.25) is 4.79 Å². The van der Waals surface area contributed by atoms with Crippen LogP contribution in [0, 0.1) is 0 Å². The minimum atomic E-state index is -3.51. The lowest BCUT2D eigenvalue weighted by molar-refractivity contribution is -0.133. The van der Waals surface area contributed by atoms with Gasteiger partial charge >= 0.3 is 0 Å². The Morgan fingerprint density at radius 2 is 1.92 bits per heavy atom. The number of nitrogens with zero attached hydrogens (tertiary/aromatic N) is 3. The first-order valence-corrected chi connectivity index (χ1v) is 10.2. The number of amides is 1. The second-order valence-electron chi connectivity index (χ2n) is 6.54. The van der Waals surface area contributed by atoms with Crippen molar-refractivity contribution in [3.05, 3.63) is 24.3 Å². The zero-order chi connectivity index (χ0) is 17.3. The maximum atomic E-state index is 12.7. The number of aromatic nitrogens is 2. The first-order chi connectivity index (χ1) is 11.4. The summed E-state index contributed by atoms with van der Waals surface area (Å²) < 4.78 is 25.7. The van der Waals surface area contributed by atoms with Crippen LogP contribution in [0.3, 0.4) is 0 Å². The topological polar surface area (TPSA) is 72.3 Å². The van der Waals surface area contributed by atoms with E-state index in [2.05, 4.69) is 4.98 Å². The lowest BCUT2D eigenvalue weighted by atomic mass is 9.94. The van der Waals surface area contributed by atoms with E-state index in [1.165, 1.54) is 11.0 Å². The molecule has 7 heteroatoms. The summed E-state index contributed by atoms with van der Waals surface area (Å²) in [7, 11) is -1.69. The van der Waals surface area contributed by atoms with E-state index in [0.29, 0.717) is 11.0 Å². The first kappa shape index (κ1) is 17.0. The number of likely N-dealkylation sites (N-methyl/N-ethyl adjacent to an activating group) is 1. The Hall–Kier alpha value is -1.89. The molecule has 2 aromatic rings. The Kier molecular flexibility index (Phi) is 4.62. The molecule has 1 amide bonds. The normalized spacial score (nSPS) is 16.4. The van der Waals surface area contributed by atoms with E-state index in [1.807, 2.05) is 19.2 Å². The van der Waals surface area contributed by atoms with Gasteiger partial charge in [-0.05, 0) is 25.0 Å². The molecule has 0 saturated heterocycles. The fourth-order valence-corrected chi connectivity index (χ4v) is 4.24. The SMILES string of the molecule is CN(C(=O)Cn1c(S(C)(=O)=O)nc2ccccc21)C1CCCCC1. The lowest BCUT2D eigenvalue weighted by Crippen LogP contribution is -2.40. The number of carbonyl (C=O) groups is 1. The van der Waals surface area contributed by atoms with Gasteiger partial charge in [-0.25, -0.2) is 13.4 Å². The summed E-state index contributed by atoms with van der Waals surface area (Å²) in [6.45, 7) is -0.00405. The average Bonchev–Trinajstić information content (AvgIpc) is 2.94. The van der Waals surface area contributed by atoms with Gasteiger partial charge < -0.3 is 9.47 Å². The molecule has 6 nitrogen and oxygen atoms in total. The maximum Gasteiger partial charge on any atom is 0.242 e. The molecule has 1 fully saturated rings. The van der Waals surface area contributed by atoms with Crippen molar-refractivity contribution in [2.75, 3.05) is 13.3 Å². The van der Waals surface area contributed by atoms with Crippen LogP contribution in [0.2, 0.25) is 0 Å². The lowest BCUT2D eigenvalue weighted by Gasteiger charge is -2.31. The zero-order valence-corrected chi connectivity index (χ0v) is 14.9. The molecule has 1 saturated carbocycles. The molecule has 1 aromatic carbocycles. The smallest absolute Gasteiger partial charge is 0.242 e. The quantitative estimate of drug-likeness (QED) is 0.848. The third-order valence-corrected chi connectivity index (χ3v) is 5.74. The van der Waals surface area contributed by atoms with E-state index < -0.39 is 9.84 Å². The average molecular weight is 349 g/mol. The van der Waals surface area contributed by atoms with E-state index in [9.17, 15) is 13.2 Å². The fourth-order valence-electron chi connectivity index (χ4n) is 3.41. The van der Waals surface area contributed by atoms with E-state index in [-0.39, 0.29) is 23.7 Å². The number of benzene rings is 1. The molecule has 0 atom stereocenters. The zero-order valence-electron chi connectivity index (χ0n) is 14.1. The molecule has 0 radical (unpaired) electrons. The largest absolute Gasteiger partial charge is 0.341 e. The predicted molar refractivity (Wildman–Crippen MR) is 92.5 cm³/mol. The van der Waals surface area contributed by atoms with Crippen LogP contribution in [0.4, 0.5) is 0 Å². The molecule has 0 spiro atoms. The fraction of sp³-hybridized carbons (Fsp3) is 0.529. The third kappa shape index (κ3) is 3.31. The molecule has 130 valence electrons. The third-order valence-electron chi connectivity index (χ3n) is 4.76. The van der Waals surface area contributed by atoms with Crippen LogP contribution in [0.25, 0.3) is 11.0 Å². The van der Waals surface area contributed by atoms with Crippen molar-refractivity contribution in [3.8, 4) is 0 Å². The molecular formula is C17H23N3O3S. The number of carbonyl (C=O) groups excluding carboxylic acids is 1. The van der Waals surface area contributed by atoms with Crippen molar-refractivity contribution in [1.82, 2.24) is 14.5 Å².